The highest BCUT2D eigenvalue weighted by molar-refractivity contribution is 7.90. The molecule has 1 amide bonds. The van der Waals surface area contributed by atoms with E-state index < -0.39 is 22.6 Å². The number of fused-ring (bicyclic) bond motifs is 4. The molecule has 3 aliphatic rings. The summed E-state index contributed by atoms with van der Waals surface area (Å²) in [6.07, 6.45) is 3.61. The quantitative estimate of drug-likeness (QED) is 0.397. The number of carbonyl (C=O) groups excluding carboxylic acids is 1. The molecule has 3 fully saturated rings. The van der Waals surface area contributed by atoms with Crippen LogP contribution in [0.2, 0.25) is 5.15 Å². The van der Waals surface area contributed by atoms with Gasteiger partial charge in [-0.3, -0.25) is 0 Å². The maximum absolute atomic E-state index is 14.9. The fraction of sp³-hybridized carbons (Fsp3) is 0.500. The minimum atomic E-state index is -1.43. The molecule has 3 aromatic heterocycles. The van der Waals surface area contributed by atoms with Gasteiger partial charge < -0.3 is 18.8 Å². The molecule has 2 bridgehead atoms. The standard InChI is InChI=1S/C22H24ClFN4O3S/c1-10-6-12-18(13-8-25-19(23)15(24)16(13)26-20(12)32(5)30)28(10)17-11-7-14(17)27(9-11)21(29)31-22(2,3)4/h6,8,11,14,17H,7,9H2,1-5H3. The van der Waals surface area contributed by atoms with Crippen LogP contribution in [0.15, 0.2) is 17.3 Å². The lowest BCUT2D eigenvalue weighted by Gasteiger charge is -2.39. The summed E-state index contributed by atoms with van der Waals surface area (Å²) < 4.78 is 35.1. The molecule has 0 spiro atoms. The van der Waals surface area contributed by atoms with Gasteiger partial charge in [-0.1, -0.05) is 11.6 Å². The number of aryl methyl sites for hydroxylation is 1. The first-order valence-corrected chi connectivity index (χ1v) is 12.4. The van der Waals surface area contributed by atoms with Gasteiger partial charge in [-0.15, -0.1) is 0 Å². The van der Waals surface area contributed by atoms with Crippen molar-refractivity contribution in [2.45, 2.75) is 56.8 Å². The van der Waals surface area contributed by atoms with E-state index >= 15 is 0 Å². The van der Waals surface area contributed by atoms with Gasteiger partial charge in [-0.25, -0.2) is 14.2 Å². The van der Waals surface area contributed by atoms with Crippen molar-refractivity contribution in [3.63, 3.8) is 0 Å². The molecule has 0 aromatic carbocycles. The summed E-state index contributed by atoms with van der Waals surface area (Å²) in [4.78, 5) is 22.9. The lowest BCUT2D eigenvalue weighted by molar-refractivity contribution is 0.0210. The zero-order valence-electron chi connectivity index (χ0n) is 18.5. The lowest BCUT2D eigenvalue weighted by atomic mass is 9.79. The number of amides is 1. The Labute approximate surface area is 193 Å². The van der Waals surface area contributed by atoms with Gasteiger partial charge in [0.15, 0.2) is 11.0 Å². The highest BCUT2D eigenvalue weighted by Crippen LogP contribution is 2.52. The predicted octanol–water partition coefficient (Wildman–Crippen LogP) is 4.60. The van der Waals surface area contributed by atoms with Crippen LogP contribution in [0.5, 0.6) is 0 Å². The molecule has 7 nitrogen and oxygen atoms in total. The van der Waals surface area contributed by atoms with Gasteiger partial charge in [-0.2, -0.15) is 4.98 Å². The average molecular weight is 479 g/mol. The van der Waals surface area contributed by atoms with E-state index in [0.717, 1.165) is 17.6 Å². The number of carbonyl (C=O) groups is 1. The predicted molar refractivity (Wildman–Crippen MR) is 121 cm³/mol. The molecular weight excluding hydrogens is 455 g/mol. The molecule has 0 N–H and O–H groups in total. The van der Waals surface area contributed by atoms with Crippen LogP contribution in [0.25, 0.3) is 21.8 Å². The van der Waals surface area contributed by atoms with Crippen molar-refractivity contribution in [3.8, 4) is 0 Å². The van der Waals surface area contributed by atoms with Gasteiger partial charge >= 0.3 is 6.09 Å². The van der Waals surface area contributed by atoms with Crippen LogP contribution in [0.4, 0.5) is 9.18 Å². The molecule has 4 atom stereocenters. The molecule has 5 heterocycles. The zero-order valence-corrected chi connectivity index (χ0v) is 20.1. The van der Waals surface area contributed by atoms with E-state index in [2.05, 4.69) is 14.5 Å². The van der Waals surface area contributed by atoms with Crippen molar-refractivity contribution in [1.82, 2.24) is 19.4 Å². The second-order valence-corrected chi connectivity index (χ2v) is 11.3. The third-order valence-electron chi connectivity index (χ3n) is 6.33. The van der Waals surface area contributed by atoms with Crippen LogP contribution in [0.1, 0.15) is 38.9 Å². The molecular formula is C22H24ClFN4O3S. The Hall–Kier alpha value is -2.10. The third kappa shape index (κ3) is 3.16. The number of aromatic nitrogens is 3. The summed E-state index contributed by atoms with van der Waals surface area (Å²) in [5.41, 5.74) is 1.14. The lowest BCUT2D eigenvalue weighted by Crippen LogP contribution is -2.44. The first-order valence-electron chi connectivity index (χ1n) is 10.5. The smallest absolute Gasteiger partial charge is 0.410 e. The second kappa shape index (κ2) is 7.20. The van der Waals surface area contributed by atoms with Gasteiger partial charge in [0, 0.05) is 40.9 Å². The number of hydrogen-bond donors (Lipinski definition) is 0. The fourth-order valence-electron chi connectivity index (χ4n) is 5.10. The topological polar surface area (TPSA) is 83.3 Å². The molecule has 6 rings (SSSR count). The van der Waals surface area contributed by atoms with Crippen LogP contribution in [-0.4, -0.2) is 54.5 Å². The minimum absolute atomic E-state index is 0.0162. The first kappa shape index (κ1) is 21.7. The molecule has 3 aromatic rings. The van der Waals surface area contributed by atoms with Crippen molar-refractivity contribution < 1.29 is 18.5 Å². The molecule has 1 aliphatic carbocycles. The SMILES string of the molecule is Cc1cc2c([S+](C)[O-])nc3c(F)c(Cl)ncc3c2n1C1C2CC1N(C(=O)OC(C)(C)C)C2. The number of pyridine rings is 2. The van der Waals surface area contributed by atoms with Gasteiger partial charge in [-0.05, 0) is 40.2 Å². The maximum atomic E-state index is 14.9. The maximum Gasteiger partial charge on any atom is 0.410 e. The second-order valence-electron chi connectivity index (χ2n) is 9.60. The monoisotopic (exact) mass is 478 g/mol. The van der Waals surface area contributed by atoms with E-state index in [9.17, 15) is 13.7 Å². The summed E-state index contributed by atoms with van der Waals surface area (Å²) in [7, 11) is 0. The van der Waals surface area contributed by atoms with Crippen molar-refractivity contribution >= 4 is 50.7 Å². The first-order chi connectivity index (χ1) is 15.0. The fourth-order valence-corrected chi connectivity index (χ4v) is 5.92. The van der Waals surface area contributed by atoms with Gasteiger partial charge in [0.2, 0.25) is 0 Å². The minimum Gasteiger partial charge on any atom is -0.610 e. The normalized spacial score (nSPS) is 23.6. The number of rotatable bonds is 2. The largest absolute Gasteiger partial charge is 0.610 e. The van der Waals surface area contributed by atoms with Crippen LogP contribution < -0.4 is 0 Å². The van der Waals surface area contributed by atoms with Crippen LogP contribution in [0.3, 0.4) is 0 Å². The van der Waals surface area contributed by atoms with Crippen LogP contribution in [0, 0.1) is 18.7 Å². The highest BCUT2D eigenvalue weighted by atomic mass is 35.5. The van der Waals surface area contributed by atoms with Gasteiger partial charge in [0.25, 0.3) is 5.03 Å². The zero-order chi connectivity index (χ0) is 23.1. The van der Waals surface area contributed by atoms with E-state index in [0.29, 0.717) is 22.3 Å². The highest BCUT2D eigenvalue weighted by Gasteiger charge is 2.56. The summed E-state index contributed by atoms with van der Waals surface area (Å²) >= 11 is 4.48. The Morgan fingerprint density at radius 1 is 1.38 bits per heavy atom. The average Bonchev–Trinajstić information content (AvgIpc) is 3.35. The molecule has 170 valence electrons. The Balaban J connectivity index is 1.67. The number of halogens is 2. The summed E-state index contributed by atoms with van der Waals surface area (Å²) in [5.74, 6) is -0.471. The summed E-state index contributed by atoms with van der Waals surface area (Å²) in [6, 6.07) is 1.93. The van der Waals surface area contributed by atoms with Crippen LogP contribution in [-0.2, 0) is 15.9 Å². The van der Waals surface area contributed by atoms with E-state index in [4.69, 9.17) is 16.3 Å². The van der Waals surface area contributed by atoms with E-state index in [-0.39, 0.29) is 34.8 Å². The molecule has 10 heteroatoms. The van der Waals surface area contributed by atoms with Gasteiger partial charge in [0.1, 0.15) is 17.4 Å². The molecule has 0 radical (unpaired) electrons. The van der Waals surface area contributed by atoms with Crippen molar-refractivity contribution in [2.24, 2.45) is 5.92 Å². The summed E-state index contributed by atoms with van der Waals surface area (Å²) in [6.45, 7) is 8.13. The molecule has 4 unspecified atom stereocenters. The molecule has 32 heavy (non-hydrogen) atoms. The summed E-state index contributed by atoms with van der Waals surface area (Å²) in [5, 5.41) is 1.26. The van der Waals surface area contributed by atoms with E-state index in [1.165, 1.54) is 12.5 Å². The number of hydrogen-bond acceptors (Lipinski definition) is 5. The Morgan fingerprint density at radius 2 is 2.09 bits per heavy atom. The van der Waals surface area contributed by atoms with Crippen molar-refractivity contribution in [3.05, 3.63) is 28.9 Å². The van der Waals surface area contributed by atoms with E-state index in [1.807, 2.05) is 33.8 Å². The molecule has 2 saturated heterocycles. The number of nitrogens with zero attached hydrogens (tertiary/aromatic N) is 4. The Bertz CT molecular complexity index is 1270. The van der Waals surface area contributed by atoms with Crippen molar-refractivity contribution in [1.29, 1.82) is 0 Å². The van der Waals surface area contributed by atoms with Crippen LogP contribution >= 0.6 is 11.6 Å². The third-order valence-corrected chi connectivity index (χ3v) is 7.45. The molecule has 1 saturated carbocycles. The Kier molecular flexibility index (Phi) is 4.89. The van der Waals surface area contributed by atoms with Gasteiger partial charge in [0.05, 0.1) is 23.0 Å². The number of ether oxygens (including phenoxy) is 1. The Morgan fingerprint density at radius 3 is 2.75 bits per heavy atom. The molecule has 2 aliphatic heterocycles. The van der Waals surface area contributed by atoms with E-state index in [1.54, 1.807) is 4.90 Å². The van der Waals surface area contributed by atoms with Crippen molar-refractivity contribution in [2.75, 3.05) is 12.8 Å².